The average Bonchev–Trinajstić information content (AvgIpc) is 3.05. The average molecular weight is 311 g/mol. The van der Waals surface area contributed by atoms with Crippen molar-refractivity contribution in [1.29, 1.82) is 0 Å². The summed E-state index contributed by atoms with van der Waals surface area (Å²) in [7, 11) is 0. The molecule has 0 aliphatic carbocycles. The molecule has 118 valence electrons. The van der Waals surface area contributed by atoms with Crippen LogP contribution in [0.4, 0.5) is 4.79 Å². The van der Waals surface area contributed by atoms with Crippen LogP contribution < -0.4 is 5.32 Å². The van der Waals surface area contributed by atoms with Gasteiger partial charge in [0.05, 0.1) is 17.7 Å². The molecule has 0 saturated carbocycles. The number of nitrogens with one attached hydrogen (secondary N) is 1. The molecule has 21 heavy (non-hydrogen) atoms. The largest absolute Gasteiger partial charge is 0.376 e. The summed E-state index contributed by atoms with van der Waals surface area (Å²) in [5.74, 6) is 0.661. The predicted octanol–water partition coefficient (Wildman–Crippen LogP) is 2.80. The first-order chi connectivity index (χ1) is 10.0. The topological polar surface area (TPSA) is 54.5 Å². The molecule has 1 saturated heterocycles. The third-order valence-electron chi connectivity index (χ3n) is 3.56. The Morgan fingerprint density at radius 2 is 2.43 bits per heavy atom. The van der Waals surface area contributed by atoms with Crippen molar-refractivity contribution < 1.29 is 9.53 Å². The molecule has 0 spiro atoms. The highest BCUT2D eigenvalue weighted by Gasteiger charge is 2.26. The SMILES string of the molecule is Cc1ncc(CNC(=O)N2CCC(OCCC(C)C)C2)s1. The van der Waals surface area contributed by atoms with Gasteiger partial charge >= 0.3 is 6.03 Å². The van der Waals surface area contributed by atoms with E-state index in [-0.39, 0.29) is 12.1 Å². The Balaban J connectivity index is 1.67. The normalized spacial score (nSPS) is 18.5. The zero-order valence-electron chi connectivity index (χ0n) is 13.1. The van der Waals surface area contributed by atoms with Crippen molar-refractivity contribution in [2.75, 3.05) is 19.7 Å². The van der Waals surface area contributed by atoms with Gasteiger partial charge in [0.2, 0.25) is 0 Å². The Kier molecular flexibility index (Phi) is 5.99. The smallest absolute Gasteiger partial charge is 0.317 e. The highest BCUT2D eigenvalue weighted by Crippen LogP contribution is 2.15. The highest BCUT2D eigenvalue weighted by atomic mass is 32.1. The monoisotopic (exact) mass is 311 g/mol. The number of ether oxygens (including phenoxy) is 1. The first-order valence-electron chi connectivity index (χ1n) is 7.60. The second kappa shape index (κ2) is 7.75. The zero-order chi connectivity index (χ0) is 15.2. The number of amides is 2. The van der Waals surface area contributed by atoms with Gasteiger partial charge in [0.25, 0.3) is 0 Å². The summed E-state index contributed by atoms with van der Waals surface area (Å²) in [6, 6.07) is -0.00369. The first-order valence-corrected chi connectivity index (χ1v) is 8.42. The lowest BCUT2D eigenvalue weighted by Crippen LogP contribution is -2.38. The van der Waals surface area contributed by atoms with Crippen LogP contribution in [-0.4, -0.2) is 41.7 Å². The Hall–Kier alpha value is -1.14. The quantitative estimate of drug-likeness (QED) is 0.879. The van der Waals surface area contributed by atoms with E-state index >= 15 is 0 Å². The fourth-order valence-corrected chi connectivity index (χ4v) is 3.02. The maximum Gasteiger partial charge on any atom is 0.317 e. The molecule has 2 rings (SSSR count). The van der Waals surface area contributed by atoms with Crippen LogP contribution in [0.3, 0.4) is 0 Å². The van der Waals surface area contributed by atoms with Crippen LogP contribution in [0.1, 0.15) is 36.6 Å². The lowest BCUT2D eigenvalue weighted by atomic mass is 10.1. The van der Waals surface area contributed by atoms with E-state index in [1.807, 2.05) is 18.0 Å². The van der Waals surface area contributed by atoms with Crippen molar-refractivity contribution in [3.8, 4) is 0 Å². The van der Waals surface area contributed by atoms with E-state index < -0.39 is 0 Å². The molecule has 0 aromatic carbocycles. The molecule has 5 nitrogen and oxygen atoms in total. The first kappa shape index (κ1) is 16.2. The number of carbonyl (C=O) groups excluding carboxylic acids is 1. The molecule has 1 aromatic rings. The van der Waals surface area contributed by atoms with Crippen molar-refractivity contribution in [2.24, 2.45) is 5.92 Å². The summed E-state index contributed by atoms with van der Waals surface area (Å²) in [5.41, 5.74) is 0. The molecule has 1 N–H and O–H groups in total. The molecule has 2 amide bonds. The summed E-state index contributed by atoms with van der Waals surface area (Å²) in [6.45, 7) is 9.18. The van der Waals surface area contributed by atoms with Gasteiger partial charge < -0.3 is 15.0 Å². The molecule has 1 unspecified atom stereocenters. The minimum atomic E-state index is -0.00369. The van der Waals surface area contributed by atoms with Crippen molar-refractivity contribution in [3.05, 3.63) is 16.1 Å². The van der Waals surface area contributed by atoms with Crippen LogP contribution >= 0.6 is 11.3 Å². The van der Waals surface area contributed by atoms with Gasteiger partial charge in [0, 0.05) is 30.8 Å². The van der Waals surface area contributed by atoms with E-state index in [0.29, 0.717) is 19.0 Å². The predicted molar refractivity (Wildman–Crippen MR) is 84.5 cm³/mol. The Morgan fingerprint density at radius 1 is 1.62 bits per heavy atom. The summed E-state index contributed by atoms with van der Waals surface area (Å²) in [5, 5.41) is 3.98. The van der Waals surface area contributed by atoms with E-state index in [0.717, 1.165) is 35.9 Å². The molecular weight excluding hydrogens is 286 g/mol. The van der Waals surface area contributed by atoms with Gasteiger partial charge in [-0.2, -0.15) is 0 Å². The lowest BCUT2D eigenvalue weighted by molar-refractivity contribution is 0.0543. The minimum absolute atomic E-state index is 0.00369. The van der Waals surface area contributed by atoms with Crippen LogP contribution in [0.5, 0.6) is 0 Å². The molecule has 0 radical (unpaired) electrons. The summed E-state index contributed by atoms with van der Waals surface area (Å²) < 4.78 is 5.83. The van der Waals surface area contributed by atoms with E-state index in [1.54, 1.807) is 11.3 Å². The van der Waals surface area contributed by atoms with Crippen molar-refractivity contribution >= 4 is 17.4 Å². The van der Waals surface area contributed by atoms with Gasteiger partial charge in [-0.15, -0.1) is 11.3 Å². The number of urea groups is 1. The number of thiazole rings is 1. The van der Waals surface area contributed by atoms with Crippen molar-refractivity contribution in [3.63, 3.8) is 0 Å². The van der Waals surface area contributed by atoms with Gasteiger partial charge in [0.15, 0.2) is 0 Å². The number of hydrogen-bond donors (Lipinski definition) is 1. The van der Waals surface area contributed by atoms with Crippen LogP contribution in [0.25, 0.3) is 0 Å². The van der Waals surface area contributed by atoms with Crippen LogP contribution in [0, 0.1) is 12.8 Å². The number of aromatic nitrogens is 1. The molecule has 1 aliphatic heterocycles. The third kappa shape index (κ3) is 5.28. The standard InChI is InChI=1S/C15H25N3O2S/c1-11(2)5-7-20-13-4-6-18(10-13)15(19)17-9-14-8-16-12(3)21-14/h8,11,13H,4-7,9-10H2,1-3H3,(H,17,19). The number of aryl methyl sites for hydroxylation is 1. The lowest BCUT2D eigenvalue weighted by Gasteiger charge is -2.17. The van der Waals surface area contributed by atoms with Gasteiger partial charge in [-0.25, -0.2) is 9.78 Å². The van der Waals surface area contributed by atoms with E-state index in [9.17, 15) is 4.79 Å². The fraction of sp³-hybridized carbons (Fsp3) is 0.733. The summed E-state index contributed by atoms with van der Waals surface area (Å²) in [6.07, 6.45) is 4.03. The molecule has 1 aromatic heterocycles. The van der Waals surface area contributed by atoms with E-state index in [2.05, 4.69) is 24.1 Å². The zero-order valence-corrected chi connectivity index (χ0v) is 13.9. The number of rotatable bonds is 6. The van der Waals surface area contributed by atoms with E-state index in [1.165, 1.54) is 0 Å². The van der Waals surface area contributed by atoms with Gasteiger partial charge in [0.1, 0.15) is 0 Å². The number of hydrogen-bond acceptors (Lipinski definition) is 4. The molecular formula is C15H25N3O2S. The molecule has 6 heteroatoms. The number of likely N-dealkylation sites (tertiary alicyclic amines) is 1. The summed E-state index contributed by atoms with van der Waals surface area (Å²) in [4.78, 5) is 19.2. The van der Waals surface area contributed by atoms with Gasteiger partial charge in [-0.3, -0.25) is 0 Å². The van der Waals surface area contributed by atoms with E-state index in [4.69, 9.17) is 4.74 Å². The maximum atomic E-state index is 12.1. The highest BCUT2D eigenvalue weighted by molar-refractivity contribution is 7.11. The summed E-state index contributed by atoms with van der Waals surface area (Å²) >= 11 is 1.62. The Labute approximate surface area is 130 Å². The van der Waals surface area contributed by atoms with Crippen LogP contribution in [0.2, 0.25) is 0 Å². The fourth-order valence-electron chi connectivity index (χ4n) is 2.28. The van der Waals surface area contributed by atoms with Crippen LogP contribution in [0.15, 0.2) is 6.20 Å². The molecule has 0 bridgehead atoms. The van der Waals surface area contributed by atoms with Crippen molar-refractivity contribution in [2.45, 2.75) is 46.3 Å². The second-order valence-corrected chi connectivity index (χ2v) is 7.23. The second-order valence-electron chi connectivity index (χ2n) is 5.91. The molecule has 1 fully saturated rings. The Morgan fingerprint density at radius 3 is 3.10 bits per heavy atom. The van der Waals surface area contributed by atoms with Gasteiger partial charge in [-0.1, -0.05) is 13.8 Å². The number of carbonyl (C=O) groups is 1. The molecule has 2 heterocycles. The molecule has 1 atom stereocenters. The van der Waals surface area contributed by atoms with Gasteiger partial charge in [-0.05, 0) is 25.7 Å². The van der Waals surface area contributed by atoms with Crippen LogP contribution in [-0.2, 0) is 11.3 Å². The number of nitrogens with zero attached hydrogens (tertiary/aromatic N) is 2. The minimum Gasteiger partial charge on any atom is -0.376 e. The molecule has 1 aliphatic rings. The van der Waals surface area contributed by atoms with Crippen molar-refractivity contribution in [1.82, 2.24) is 15.2 Å². The Bertz CT molecular complexity index is 462. The third-order valence-corrected chi connectivity index (χ3v) is 4.48. The maximum absolute atomic E-state index is 12.1.